The summed E-state index contributed by atoms with van der Waals surface area (Å²) in [6, 6.07) is 29.5. The van der Waals surface area contributed by atoms with Crippen molar-refractivity contribution in [3.05, 3.63) is 113 Å². The Hall–Kier alpha value is -3.09. The van der Waals surface area contributed by atoms with E-state index in [1.165, 1.54) is 0 Å². The molecule has 0 aromatic heterocycles. The number of anilines is 1. The zero-order chi connectivity index (χ0) is 22.3. The van der Waals surface area contributed by atoms with Crippen LogP contribution < -0.4 is 9.04 Å². The highest BCUT2D eigenvalue weighted by Gasteiger charge is 2.39. The predicted octanol–water partition coefficient (Wildman–Crippen LogP) is 6.42. The summed E-state index contributed by atoms with van der Waals surface area (Å²) in [4.78, 5) is 0.215. The van der Waals surface area contributed by atoms with Crippen LogP contribution in [0.5, 0.6) is 5.75 Å². The standard InChI is InChI=1S/C26H20BrNO3S/c1-31-20-12-14-21(15-13-20)32(29,30)28-25-16-11-19(27)17-24(25)22-9-5-6-10-23(22)26(28)18-7-3-2-4-8-18/h2-17,26H,1H3. The number of benzene rings is 4. The molecule has 160 valence electrons. The molecule has 0 spiro atoms. The smallest absolute Gasteiger partial charge is 0.265 e. The van der Waals surface area contributed by atoms with Gasteiger partial charge in [0.1, 0.15) is 5.75 Å². The molecular formula is C26H20BrNO3S. The first-order valence-electron chi connectivity index (χ1n) is 10.1. The van der Waals surface area contributed by atoms with Crippen LogP contribution in [0.3, 0.4) is 0 Å². The summed E-state index contributed by atoms with van der Waals surface area (Å²) in [7, 11) is -2.33. The highest BCUT2D eigenvalue weighted by Crippen LogP contribution is 2.50. The van der Waals surface area contributed by atoms with E-state index in [1.807, 2.05) is 72.8 Å². The van der Waals surface area contributed by atoms with Gasteiger partial charge >= 0.3 is 0 Å². The Balaban J connectivity index is 1.80. The lowest BCUT2D eigenvalue weighted by molar-refractivity contribution is 0.414. The van der Waals surface area contributed by atoms with Gasteiger partial charge < -0.3 is 4.74 Å². The van der Waals surface area contributed by atoms with Gasteiger partial charge in [0.25, 0.3) is 10.0 Å². The molecule has 1 atom stereocenters. The Kier molecular flexibility index (Phi) is 5.27. The number of sulfonamides is 1. The van der Waals surface area contributed by atoms with Gasteiger partial charge in [0.05, 0.1) is 23.7 Å². The maximum atomic E-state index is 14.1. The second kappa shape index (κ2) is 8.11. The van der Waals surface area contributed by atoms with Crippen LogP contribution in [0.1, 0.15) is 17.2 Å². The molecule has 0 radical (unpaired) electrons. The lowest BCUT2D eigenvalue weighted by Crippen LogP contribution is -2.38. The number of halogens is 1. The topological polar surface area (TPSA) is 46.6 Å². The summed E-state index contributed by atoms with van der Waals surface area (Å²) in [5.74, 6) is 0.608. The van der Waals surface area contributed by atoms with E-state index in [0.29, 0.717) is 11.4 Å². The van der Waals surface area contributed by atoms with Crippen LogP contribution in [0, 0.1) is 0 Å². The van der Waals surface area contributed by atoms with E-state index in [0.717, 1.165) is 26.7 Å². The summed E-state index contributed by atoms with van der Waals surface area (Å²) in [6.07, 6.45) is 0. The molecule has 4 aromatic carbocycles. The van der Waals surface area contributed by atoms with Crippen molar-refractivity contribution in [2.45, 2.75) is 10.9 Å². The summed E-state index contributed by atoms with van der Waals surface area (Å²) >= 11 is 3.55. The molecule has 0 saturated heterocycles. The van der Waals surface area contributed by atoms with Crippen LogP contribution >= 0.6 is 15.9 Å². The van der Waals surface area contributed by atoms with Crippen LogP contribution in [0.15, 0.2) is 106 Å². The Labute approximate surface area is 196 Å². The van der Waals surface area contributed by atoms with Crippen molar-refractivity contribution in [2.75, 3.05) is 11.4 Å². The Bertz CT molecular complexity index is 1390. The fourth-order valence-electron chi connectivity index (χ4n) is 4.24. The minimum atomic E-state index is -3.89. The van der Waals surface area contributed by atoms with Crippen molar-refractivity contribution in [1.29, 1.82) is 0 Å². The highest BCUT2D eigenvalue weighted by atomic mass is 79.9. The minimum Gasteiger partial charge on any atom is -0.497 e. The first kappa shape index (κ1) is 20.8. The second-order valence-electron chi connectivity index (χ2n) is 7.54. The molecule has 1 heterocycles. The summed E-state index contributed by atoms with van der Waals surface area (Å²) in [5.41, 5.74) is 4.40. The molecule has 4 nitrogen and oxygen atoms in total. The first-order chi connectivity index (χ1) is 15.5. The van der Waals surface area contributed by atoms with E-state index >= 15 is 0 Å². The molecule has 0 fully saturated rings. The molecule has 32 heavy (non-hydrogen) atoms. The van der Waals surface area contributed by atoms with E-state index in [4.69, 9.17) is 4.74 Å². The average Bonchev–Trinajstić information content (AvgIpc) is 2.83. The molecule has 6 heteroatoms. The molecule has 4 aromatic rings. The number of hydrogen-bond acceptors (Lipinski definition) is 3. The van der Waals surface area contributed by atoms with E-state index in [1.54, 1.807) is 35.7 Å². The van der Waals surface area contributed by atoms with Gasteiger partial charge in [-0.3, -0.25) is 4.31 Å². The lowest BCUT2D eigenvalue weighted by Gasteiger charge is -2.39. The molecule has 1 aliphatic heterocycles. The molecule has 0 amide bonds. The minimum absolute atomic E-state index is 0.215. The van der Waals surface area contributed by atoms with Gasteiger partial charge in [-0.2, -0.15) is 0 Å². The van der Waals surface area contributed by atoms with Crippen LogP contribution in [0.2, 0.25) is 0 Å². The third kappa shape index (κ3) is 3.40. The van der Waals surface area contributed by atoms with Gasteiger partial charge in [-0.25, -0.2) is 8.42 Å². The Morgan fingerprint density at radius 2 is 1.50 bits per heavy atom. The number of fused-ring (bicyclic) bond motifs is 3. The van der Waals surface area contributed by atoms with Crippen LogP contribution in [0.25, 0.3) is 11.1 Å². The number of ether oxygens (including phenoxy) is 1. The Morgan fingerprint density at radius 1 is 0.812 bits per heavy atom. The van der Waals surface area contributed by atoms with Crippen molar-refractivity contribution >= 4 is 31.6 Å². The zero-order valence-electron chi connectivity index (χ0n) is 17.3. The highest BCUT2D eigenvalue weighted by molar-refractivity contribution is 9.10. The third-order valence-electron chi connectivity index (χ3n) is 5.71. The largest absolute Gasteiger partial charge is 0.497 e. The number of nitrogens with zero attached hydrogens (tertiary/aromatic N) is 1. The Morgan fingerprint density at radius 3 is 2.22 bits per heavy atom. The number of rotatable bonds is 4. The first-order valence-corrected chi connectivity index (χ1v) is 12.4. The van der Waals surface area contributed by atoms with Gasteiger partial charge in [0, 0.05) is 10.0 Å². The van der Waals surface area contributed by atoms with Gasteiger partial charge in [-0.05, 0) is 59.2 Å². The predicted molar refractivity (Wildman–Crippen MR) is 131 cm³/mol. The van der Waals surface area contributed by atoms with Crippen molar-refractivity contribution in [3.8, 4) is 16.9 Å². The fraction of sp³-hybridized carbons (Fsp3) is 0.0769. The molecule has 1 unspecified atom stereocenters. The van der Waals surface area contributed by atoms with E-state index in [9.17, 15) is 8.42 Å². The maximum absolute atomic E-state index is 14.1. The lowest BCUT2D eigenvalue weighted by atomic mass is 9.86. The summed E-state index contributed by atoms with van der Waals surface area (Å²) < 4.78 is 35.9. The summed E-state index contributed by atoms with van der Waals surface area (Å²) in [5, 5.41) is 0. The van der Waals surface area contributed by atoms with E-state index in [2.05, 4.69) is 15.9 Å². The SMILES string of the molecule is COc1ccc(S(=O)(=O)N2c3ccc(Br)cc3-c3ccccc3C2c2ccccc2)cc1. The normalized spacial score (nSPS) is 15.1. The van der Waals surface area contributed by atoms with Gasteiger partial charge in [-0.15, -0.1) is 0 Å². The molecule has 1 aliphatic rings. The van der Waals surface area contributed by atoms with Crippen molar-refractivity contribution in [2.24, 2.45) is 0 Å². The van der Waals surface area contributed by atoms with E-state index < -0.39 is 16.1 Å². The fourth-order valence-corrected chi connectivity index (χ4v) is 6.24. The molecule has 5 rings (SSSR count). The van der Waals surface area contributed by atoms with E-state index in [-0.39, 0.29) is 4.90 Å². The average molecular weight is 506 g/mol. The molecule has 0 aliphatic carbocycles. The van der Waals surface area contributed by atoms with Crippen LogP contribution in [-0.2, 0) is 10.0 Å². The molecular weight excluding hydrogens is 486 g/mol. The second-order valence-corrected chi connectivity index (χ2v) is 10.3. The van der Waals surface area contributed by atoms with Gasteiger partial charge in [0.2, 0.25) is 0 Å². The quantitative estimate of drug-likeness (QED) is 0.321. The van der Waals surface area contributed by atoms with Crippen molar-refractivity contribution < 1.29 is 13.2 Å². The number of methoxy groups -OCH3 is 1. The monoisotopic (exact) mass is 505 g/mol. The summed E-state index contributed by atoms with van der Waals surface area (Å²) in [6.45, 7) is 0. The molecule has 0 N–H and O–H groups in total. The molecule has 0 bridgehead atoms. The zero-order valence-corrected chi connectivity index (χ0v) is 19.7. The maximum Gasteiger partial charge on any atom is 0.265 e. The van der Waals surface area contributed by atoms with Crippen LogP contribution in [0.4, 0.5) is 5.69 Å². The third-order valence-corrected chi connectivity index (χ3v) is 7.99. The van der Waals surface area contributed by atoms with Crippen molar-refractivity contribution in [3.63, 3.8) is 0 Å². The molecule has 0 saturated carbocycles. The van der Waals surface area contributed by atoms with Gasteiger partial charge in [-0.1, -0.05) is 70.5 Å². The number of hydrogen-bond donors (Lipinski definition) is 0. The van der Waals surface area contributed by atoms with Gasteiger partial charge in [0.15, 0.2) is 0 Å². The van der Waals surface area contributed by atoms with Crippen LogP contribution in [-0.4, -0.2) is 15.5 Å². The van der Waals surface area contributed by atoms with Crippen molar-refractivity contribution in [1.82, 2.24) is 0 Å².